The lowest BCUT2D eigenvalue weighted by Crippen LogP contribution is -2.30. The van der Waals surface area contributed by atoms with Crippen molar-refractivity contribution in [3.05, 3.63) is 64.1 Å². The summed E-state index contributed by atoms with van der Waals surface area (Å²) in [5, 5.41) is 0. The predicted octanol–water partition coefficient (Wildman–Crippen LogP) is 4.26. The lowest BCUT2D eigenvalue weighted by atomic mass is 9.93. The van der Waals surface area contributed by atoms with Gasteiger partial charge in [-0.2, -0.15) is 0 Å². The quantitative estimate of drug-likeness (QED) is 0.638. The molecule has 1 aliphatic heterocycles. The van der Waals surface area contributed by atoms with Crippen molar-refractivity contribution in [3.8, 4) is 5.88 Å². The smallest absolute Gasteiger partial charge is 0.255 e. The molecule has 30 heavy (non-hydrogen) atoms. The number of hydrogen-bond acceptors (Lipinski definition) is 4. The highest BCUT2D eigenvalue weighted by Gasteiger charge is 2.36. The van der Waals surface area contributed by atoms with E-state index in [0.717, 1.165) is 23.3 Å². The van der Waals surface area contributed by atoms with Crippen molar-refractivity contribution < 1.29 is 14.3 Å². The van der Waals surface area contributed by atoms with Crippen LogP contribution >= 0.6 is 0 Å². The van der Waals surface area contributed by atoms with Crippen molar-refractivity contribution in [3.63, 3.8) is 0 Å². The van der Waals surface area contributed by atoms with Gasteiger partial charge in [-0.3, -0.25) is 9.59 Å². The van der Waals surface area contributed by atoms with Gasteiger partial charge < -0.3 is 9.64 Å². The molecule has 1 aromatic heterocycles. The van der Waals surface area contributed by atoms with Crippen LogP contribution in [0.15, 0.2) is 52.9 Å². The van der Waals surface area contributed by atoms with E-state index in [9.17, 15) is 9.59 Å². The third kappa shape index (κ3) is 3.90. The zero-order chi connectivity index (χ0) is 21.4. The maximum absolute atomic E-state index is 13.2. The van der Waals surface area contributed by atoms with Crippen molar-refractivity contribution >= 4 is 11.7 Å². The highest BCUT2D eigenvalue weighted by atomic mass is 16.5. The largest absolute Gasteiger partial charge is 0.477 e. The van der Waals surface area contributed by atoms with E-state index in [0.29, 0.717) is 29.5 Å². The summed E-state index contributed by atoms with van der Waals surface area (Å²) >= 11 is 0. The number of carbonyl (C=O) groups is 2. The molecule has 0 saturated heterocycles. The number of nitrogens with zero attached hydrogens (tertiary/aromatic N) is 2. The Morgan fingerprint density at radius 3 is 2.77 bits per heavy atom. The average molecular weight is 405 g/mol. The molecule has 1 fully saturated rings. The molecule has 1 aromatic rings. The molecular weight excluding hydrogens is 376 g/mol. The predicted molar refractivity (Wildman–Crippen MR) is 115 cm³/mol. The first-order valence-corrected chi connectivity index (χ1v) is 10.7. The number of ether oxygens (including phenoxy) is 1. The molecule has 5 nitrogen and oxygen atoms in total. The van der Waals surface area contributed by atoms with Crippen molar-refractivity contribution in [1.82, 2.24) is 9.88 Å². The molecule has 5 heteroatoms. The van der Waals surface area contributed by atoms with Crippen molar-refractivity contribution in [1.29, 1.82) is 0 Å². The van der Waals surface area contributed by atoms with Crippen molar-refractivity contribution in [2.45, 2.75) is 46.6 Å². The molecule has 0 bridgehead atoms. The minimum absolute atomic E-state index is 0.0489. The van der Waals surface area contributed by atoms with E-state index in [2.05, 4.69) is 10.7 Å². The van der Waals surface area contributed by atoms with Crippen molar-refractivity contribution in [2.24, 2.45) is 11.8 Å². The Morgan fingerprint density at radius 2 is 2.10 bits per heavy atom. The van der Waals surface area contributed by atoms with Gasteiger partial charge in [0.05, 0.1) is 18.2 Å². The highest BCUT2D eigenvalue weighted by Crippen LogP contribution is 2.35. The number of ketones is 1. The number of aromatic nitrogens is 1. The Balaban J connectivity index is 1.55. The first-order chi connectivity index (χ1) is 14.4. The van der Waals surface area contributed by atoms with Gasteiger partial charge in [0, 0.05) is 29.8 Å². The monoisotopic (exact) mass is 404 g/mol. The molecule has 4 rings (SSSR count). The number of rotatable bonds is 7. The Morgan fingerprint density at radius 1 is 1.33 bits per heavy atom. The van der Waals surface area contributed by atoms with E-state index in [1.54, 1.807) is 29.3 Å². The highest BCUT2D eigenvalue weighted by molar-refractivity contribution is 6.08. The van der Waals surface area contributed by atoms with Gasteiger partial charge >= 0.3 is 0 Å². The van der Waals surface area contributed by atoms with Crippen LogP contribution in [0.4, 0.5) is 0 Å². The van der Waals surface area contributed by atoms with Crippen LogP contribution in [0, 0.1) is 18.8 Å². The number of amides is 1. The third-order valence-corrected chi connectivity index (χ3v) is 5.99. The molecule has 0 aromatic carbocycles. The van der Waals surface area contributed by atoms with E-state index in [1.165, 1.54) is 12.8 Å². The topological polar surface area (TPSA) is 59.5 Å². The summed E-state index contributed by atoms with van der Waals surface area (Å²) < 4.78 is 5.83. The van der Waals surface area contributed by atoms with E-state index in [4.69, 9.17) is 4.74 Å². The maximum Gasteiger partial charge on any atom is 0.255 e. The zero-order valence-corrected chi connectivity index (χ0v) is 18.1. The van der Waals surface area contributed by atoms with Crippen LogP contribution in [-0.2, 0) is 9.59 Å². The summed E-state index contributed by atoms with van der Waals surface area (Å²) in [5.74, 6) is 1.18. The van der Waals surface area contributed by atoms with E-state index < -0.39 is 0 Å². The lowest BCUT2D eigenvalue weighted by Gasteiger charge is -2.26. The van der Waals surface area contributed by atoms with Crippen LogP contribution in [0.3, 0.4) is 0 Å². The molecule has 2 heterocycles. The summed E-state index contributed by atoms with van der Waals surface area (Å²) in [6.45, 7) is 8.88. The molecule has 1 unspecified atom stereocenters. The van der Waals surface area contributed by atoms with E-state index in [1.807, 2.05) is 33.8 Å². The van der Waals surface area contributed by atoms with Gasteiger partial charge in [0.1, 0.15) is 0 Å². The summed E-state index contributed by atoms with van der Waals surface area (Å²) in [6, 6.07) is 1.88. The summed E-state index contributed by atoms with van der Waals surface area (Å²) in [4.78, 5) is 32.2. The Bertz CT molecular complexity index is 1020. The molecular formula is C25H28N2O3. The normalized spacial score (nSPS) is 19.2. The van der Waals surface area contributed by atoms with Crippen LogP contribution in [0.2, 0.25) is 0 Å². The minimum Gasteiger partial charge on any atom is -0.477 e. The molecule has 0 radical (unpaired) electrons. The zero-order valence-electron chi connectivity index (χ0n) is 18.1. The Labute approximate surface area is 177 Å². The fourth-order valence-corrected chi connectivity index (χ4v) is 3.83. The summed E-state index contributed by atoms with van der Waals surface area (Å²) in [7, 11) is 0. The fraction of sp³-hybridized carbons (Fsp3) is 0.440. The second-order valence-corrected chi connectivity index (χ2v) is 8.72. The van der Waals surface area contributed by atoms with Crippen LogP contribution in [0.1, 0.15) is 50.8 Å². The van der Waals surface area contributed by atoms with Crippen LogP contribution in [0.25, 0.3) is 0 Å². The number of pyridine rings is 1. The number of aryl methyl sites for hydroxylation is 1. The second-order valence-electron chi connectivity index (χ2n) is 8.72. The second kappa shape index (κ2) is 8.08. The maximum atomic E-state index is 13.2. The molecule has 156 valence electrons. The molecule has 0 N–H and O–H groups in total. The molecule has 1 saturated carbocycles. The number of allylic oxidation sites excluding steroid dienone is 1. The average Bonchev–Trinajstić information content (AvgIpc) is 3.52. The Hall–Kier alpha value is -2.91. The first kappa shape index (κ1) is 20.4. The summed E-state index contributed by atoms with van der Waals surface area (Å²) in [6.07, 6.45) is 9.45. The van der Waals surface area contributed by atoms with E-state index >= 15 is 0 Å². The molecule has 3 aliphatic rings. The fourth-order valence-electron chi connectivity index (χ4n) is 3.83. The Kier molecular flexibility index (Phi) is 5.48. The van der Waals surface area contributed by atoms with Gasteiger partial charge in [-0.05, 0) is 68.0 Å². The standard InChI is InChI=1S/C25H28N2O3/c1-15(2)23(28)20-7-5-6-8-21-22(20)13-27(25(21)29)17(4)19-11-16(3)24(26-12-19)30-14-18-9-10-18/h5,7-8,11-12,15,17-18H,9-10,13-14H2,1-4H3. The first-order valence-electron chi connectivity index (χ1n) is 10.7. The molecule has 0 spiro atoms. The molecule has 2 aliphatic carbocycles. The lowest BCUT2D eigenvalue weighted by molar-refractivity contribution is -0.127. The number of hydrogen-bond donors (Lipinski definition) is 0. The van der Waals surface area contributed by atoms with Crippen molar-refractivity contribution in [2.75, 3.05) is 13.2 Å². The van der Waals surface area contributed by atoms with Gasteiger partial charge in [0.15, 0.2) is 5.78 Å². The third-order valence-electron chi connectivity index (χ3n) is 5.99. The summed E-state index contributed by atoms with van der Waals surface area (Å²) in [5.41, 5.74) is 6.90. The van der Waals surface area contributed by atoms with Gasteiger partial charge in [-0.15, -0.1) is 5.73 Å². The van der Waals surface area contributed by atoms with Crippen LogP contribution in [-0.4, -0.2) is 34.7 Å². The van der Waals surface area contributed by atoms with Crippen LogP contribution < -0.4 is 4.74 Å². The molecule has 1 amide bonds. The molecule has 1 atom stereocenters. The van der Waals surface area contributed by atoms with Gasteiger partial charge in [0.25, 0.3) is 5.91 Å². The van der Waals surface area contributed by atoms with E-state index in [-0.39, 0.29) is 23.7 Å². The van der Waals surface area contributed by atoms with Gasteiger partial charge in [-0.25, -0.2) is 4.98 Å². The van der Waals surface area contributed by atoms with Gasteiger partial charge in [0.2, 0.25) is 5.88 Å². The SMILES string of the molecule is Cc1cc(C(C)N2CC3=C(C=C=CC=C3C(=O)C(C)C)C2=O)cnc1OCC1CC1. The number of carbonyl (C=O) groups excluding carboxylic acids is 2. The number of Topliss-reactive ketones (excluding diaryl/α,β-unsaturated/α-hetero) is 1. The minimum atomic E-state index is -0.166. The van der Waals surface area contributed by atoms with Crippen LogP contribution in [0.5, 0.6) is 5.88 Å². The van der Waals surface area contributed by atoms with Gasteiger partial charge in [-0.1, -0.05) is 13.8 Å².